The maximum atomic E-state index is 11.9. The average Bonchev–Trinajstić information content (AvgIpc) is 2.86. The zero-order valence-corrected chi connectivity index (χ0v) is 10.3. The lowest BCUT2D eigenvalue weighted by Crippen LogP contribution is -2.28. The summed E-state index contributed by atoms with van der Waals surface area (Å²) in [5.74, 6) is -3.05. The van der Waals surface area contributed by atoms with Crippen molar-refractivity contribution in [3.8, 4) is 0 Å². The van der Waals surface area contributed by atoms with Crippen LogP contribution in [-0.2, 0) is 9.59 Å². The maximum Gasteiger partial charge on any atom is 0.325 e. The lowest BCUT2D eigenvalue weighted by atomic mass is 10.1. The van der Waals surface area contributed by atoms with E-state index >= 15 is 0 Å². The van der Waals surface area contributed by atoms with Crippen molar-refractivity contribution in [2.24, 2.45) is 17.3 Å². The van der Waals surface area contributed by atoms with Gasteiger partial charge in [-0.1, -0.05) is 13.8 Å². The summed E-state index contributed by atoms with van der Waals surface area (Å²) in [4.78, 5) is 49.3. The number of carbonyl (C=O) groups is 2. The monoisotopic (exact) mass is 267 g/mol. The lowest BCUT2D eigenvalue weighted by molar-refractivity contribution is -0.140. The minimum Gasteiger partial charge on any atom is -0.481 e. The summed E-state index contributed by atoms with van der Waals surface area (Å²) in [6, 6.07) is 0. The molecule has 1 aliphatic carbocycles. The summed E-state index contributed by atoms with van der Waals surface area (Å²) >= 11 is 0. The quantitative estimate of drug-likeness (QED) is 0.578. The van der Waals surface area contributed by atoms with Crippen LogP contribution in [0, 0.1) is 17.3 Å². The van der Waals surface area contributed by atoms with Crippen molar-refractivity contribution >= 4 is 17.6 Å². The largest absolute Gasteiger partial charge is 0.481 e. The van der Waals surface area contributed by atoms with Gasteiger partial charge >= 0.3 is 11.7 Å². The molecule has 0 radical (unpaired) electrons. The molecule has 8 heteroatoms. The van der Waals surface area contributed by atoms with Gasteiger partial charge in [-0.25, -0.2) is 4.79 Å². The van der Waals surface area contributed by atoms with Gasteiger partial charge in [-0.05, 0) is 5.41 Å². The van der Waals surface area contributed by atoms with E-state index in [1.165, 1.54) is 0 Å². The molecule has 4 N–H and O–H groups in total. The third-order valence-electron chi connectivity index (χ3n) is 3.45. The fourth-order valence-corrected chi connectivity index (χ4v) is 2.30. The predicted octanol–water partition coefficient (Wildman–Crippen LogP) is -0.641. The highest BCUT2D eigenvalue weighted by Gasteiger charge is 2.65. The second-order valence-corrected chi connectivity index (χ2v) is 5.09. The summed E-state index contributed by atoms with van der Waals surface area (Å²) in [7, 11) is 0. The molecule has 0 saturated heterocycles. The van der Waals surface area contributed by atoms with Gasteiger partial charge in [-0.2, -0.15) is 0 Å². The van der Waals surface area contributed by atoms with Gasteiger partial charge in [0.05, 0.1) is 11.8 Å². The molecule has 0 unspecified atom stereocenters. The van der Waals surface area contributed by atoms with E-state index in [1.807, 2.05) is 4.98 Å². The number of hydrogen-bond acceptors (Lipinski definition) is 4. The Morgan fingerprint density at radius 1 is 1.32 bits per heavy atom. The summed E-state index contributed by atoms with van der Waals surface area (Å²) in [5.41, 5.74) is -2.18. The van der Waals surface area contributed by atoms with E-state index in [4.69, 9.17) is 5.11 Å². The number of carbonyl (C=O) groups excluding carboxylic acids is 1. The topological polar surface area (TPSA) is 132 Å². The molecule has 0 aliphatic heterocycles. The number of H-pyrrole nitrogens is 2. The van der Waals surface area contributed by atoms with E-state index in [1.54, 1.807) is 13.8 Å². The Morgan fingerprint density at radius 2 is 1.95 bits per heavy atom. The van der Waals surface area contributed by atoms with Gasteiger partial charge in [0.25, 0.3) is 5.56 Å². The number of aromatic nitrogens is 2. The highest BCUT2D eigenvalue weighted by atomic mass is 16.4. The van der Waals surface area contributed by atoms with Crippen LogP contribution in [0.1, 0.15) is 13.8 Å². The van der Waals surface area contributed by atoms with Gasteiger partial charge in [0, 0.05) is 6.20 Å². The molecule has 19 heavy (non-hydrogen) atoms. The Labute approximate surface area is 106 Å². The number of amides is 1. The van der Waals surface area contributed by atoms with Crippen molar-refractivity contribution in [1.29, 1.82) is 0 Å². The Hall–Kier alpha value is -2.38. The Bertz CT molecular complexity index is 657. The molecule has 0 aromatic carbocycles. The first-order chi connectivity index (χ1) is 8.75. The number of aliphatic carboxylic acids is 1. The highest BCUT2D eigenvalue weighted by molar-refractivity contribution is 5.99. The molecule has 2 rings (SSSR count). The van der Waals surface area contributed by atoms with E-state index in [2.05, 4.69) is 10.3 Å². The normalized spacial score (nSPS) is 23.7. The first kappa shape index (κ1) is 13.1. The highest BCUT2D eigenvalue weighted by Crippen LogP contribution is 2.58. The molecule has 1 saturated carbocycles. The van der Waals surface area contributed by atoms with Crippen LogP contribution >= 0.6 is 0 Å². The van der Waals surface area contributed by atoms with Crippen LogP contribution in [0.5, 0.6) is 0 Å². The molecule has 8 nitrogen and oxygen atoms in total. The average molecular weight is 267 g/mol. The molecule has 2 atom stereocenters. The maximum absolute atomic E-state index is 11.9. The molecular formula is C11H13N3O5. The van der Waals surface area contributed by atoms with Crippen molar-refractivity contribution < 1.29 is 14.7 Å². The van der Waals surface area contributed by atoms with Gasteiger partial charge in [-0.15, -0.1) is 0 Å². The van der Waals surface area contributed by atoms with E-state index in [0.717, 1.165) is 6.20 Å². The lowest BCUT2D eigenvalue weighted by Gasteiger charge is -2.04. The first-order valence-corrected chi connectivity index (χ1v) is 5.61. The number of carboxylic acid groups (broad SMARTS) is 1. The van der Waals surface area contributed by atoms with Crippen LogP contribution in [0.4, 0.5) is 5.69 Å². The Balaban J connectivity index is 2.17. The van der Waals surface area contributed by atoms with Gasteiger partial charge < -0.3 is 15.4 Å². The molecule has 1 heterocycles. The molecule has 1 aromatic heterocycles. The van der Waals surface area contributed by atoms with Crippen molar-refractivity contribution in [3.05, 3.63) is 27.0 Å². The van der Waals surface area contributed by atoms with E-state index in [-0.39, 0.29) is 5.69 Å². The number of carboxylic acids is 1. The minimum absolute atomic E-state index is 0.114. The zero-order valence-electron chi connectivity index (χ0n) is 10.3. The summed E-state index contributed by atoms with van der Waals surface area (Å²) < 4.78 is 0. The minimum atomic E-state index is -1.04. The van der Waals surface area contributed by atoms with E-state index in [0.29, 0.717) is 0 Å². The zero-order chi connectivity index (χ0) is 14.4. The van der Waals surface area contributed by atoms with Crippen molar-refractivity contribution in [2.75, 3.05) is 5.32 Å². The van der Waals surface area contributed by atoms with E-state index < -0.39 is 40.4 Å². The number of anilines is 1. The SMILES string of the molecule is CC1(C)[C@@H](C(=O)O)[C@@H]1C(=O)Nc1c[nH]c(=O)[nH]c1=O. The van der Waals surface area contributed by atoms with Crippen LogP contribution in [0.25, 0.3) is 0 Å². The van der Waals surface area contributed by atoms with Crippen LogP contribution in [0.15, 0.2) is 15.8 Å². The summed E-state index contributed by atoms with van der Waals surface area (Å²) in [6.45, 7) is 3.35. The van der Waals surface area contributed by atoms with Crippen LogP contribution in [0.3, 0.4) is 0 Å². The second kappa shape index (κ2) is 4.08. The standard InChI is InChI=1S/C11H13N3O5/c1-11(2)5(6(11)9(17)18)8(16)13-4-3-12-10(19)14-7(4)15/h3,5-6H,1-2H3,(H,13,16)(H,17,18)(H2,12,14,15,19)/t5-,6-/m1/s1. The molecule has 1 aromatic rings. The third-order valence-corrected chi connectivity index (χ3v) is 3.45. The van der Waals surface area contributed by atoms with Crippen molar-refractivity contribution in [3.63, 3.8) is 0 Å². The van der Waals surface area contributed by atoms with Crippen LogP contribution in [0.2, 0.25) is 0 Å². The van der Waals surface area contributed by atoms with Gasteiger partial charge in [0.15, 0.2) is 0 Å². The second-order valence-electron chi connectivity index (χ2n) is 5.09. The molecule has 0 spiro atoms. The molecule has 0 bridgehead atoms. The smallest absolute Gasteiger partial charge is 0.325 e. The fourth-order valence-electron chi connectivity index (χ4n) is 2.30. The molecule has 102 valence electrons. The molecular weight excluding hydrogens is 254 g/mol. The van der Waals surface area contributed by atoms with Crippen molar-refractivity contribution in [1.82, 2.24) is 9.97 Å². The van der Waals surface area contributed by atoms with Crippen LogP contribution in [-0.4, -0.2) is 27.0 Å². The summed E-state index contributed by atoms with van der Waals surface area (Å²) in [5, 5.41) is 11.3. The number of nitrogens with one attached hydrogen (secondary N) is 3. The number of aromatic amines is 2. The van der Waals surface area contributed by atoms with Gasteiger partial charge in [-0.3, -0.25) is 19.4 Å². The van der Waals surface area contributed by atoms with Gasteiger partial charge in [0.1, 0.15) is 5.69 Å². The summed E-state index contributed by atoms with van der Waals surface area (Å²) in [6.07, 6.45) is 1.07. The first-order valence-electron chi connectivity index (χ1n) is 5.61. The Morgan fingerprint density at radius 3 is 2.42 bits per heavy atom. The molecule has 1 amide bonds. The number of rotatable bonds is 3. The number of hydrogen-bond donors (Lipinski definition) is 4. The Kier molecular flexibility index (Phi) is 2.80. The van der Waals surface area contributed by atoms with Crippen molar-refractivity contribution in [2.45, 2.75) is 13.8 Å². The fraction of sp³-hybridized carbons (Fsp3) is 0.455. The molecule has 1 aliphatic rings. The van der Waals surface area contributed by atoms with Crippen LogP contribution < -0.4 is 16.6 Å². The van der Waals surface area contributed by atoms with Gasteiger partial charge in [0.2, 0.25) is 5.91 Å². The third kappa shape index (κ3) is 2.16. The molecule has 1 fully saturated rings. The van der Waals surface area contributed by atoms with E-state index in [9.17, 15) is 19.2 Å². The predicted molar refractivity (Wildman–Crippen MR) is 64.7 cm³/mol.